The number of hydrogen-bond donors (Lipinski definition) is 2. The van der Waals surface area contributed by atoms with Gasteiger partial charge < -0.3 is 10.1 Å². The summed E-state index contributed by atoms with van der Waals surface area (Å²) in [4.78, 5) is 15.4. The first-order valence-electron chi connectivity index (χ1n) is 10.2. The number of hydrogen-bond acceptors (Lipinski definition) is 5. The van der Waals surface area contributed by atoms with Gasteiger partial charge in [-0.1, -0.05) is 30.3 Å². The van der Waals surface area contributed by atoms with Gasteiger partial charge in [0.25, 0.3) is 5.91 Å². The quantitative estimate of drug-likeness (QED) is 0.653. The predicted octanol–water partition coefficient (Wildman–Crippen LogP) is 2.23. The van der Waals surface area contributed by atoms with Gasteiger partial charge in [-0.05, 0) is 25.5 Å². The maximum Gasteiger partial charge on any atom is 0.269 e. The van der Waals surface area contributed by atoms with Crippen LogP contribution in [0.25, 0.3) is 11.3 Å². The van der Waals surface area contributed by atoms with Gasteiger partial charge in [0.2, 0.25) is 0 Å². The number of ether oxygens (including phenoxy) is 1. The molecule has 1 saturated heterocycles. The number of carbonyl (C=O) groups excluding carboxylic acids is 1. The zero-order chi connectivity index (χ0) is 21.1. The number of aromatic nitrogens is 4. The topological polar surface area (TPSA) is 88.1 Å². The third-order valence-corrected chi connectivity index (χ3v) is 5.64. The zero-order valence-electron chi connectivity index (χ0n) is 17.7. The highest BCUT2D eigenvalue weighted by Crippen LogP contribution is 2.25. The minimum Gasteiger partial charge on any atom is -0.379 e. The Morgan fingerprint density at radius 1 is 1.23 bits per heavy atom. The van der Waals surface area contributed by atoms with Crippen LogP contribution < -0.4 is 5.32 Å². The molecule has 3 heterocycles. The van der Waals surface area contributed by atoms with Crippen LogP contribution in [0.15, 0.2) is 36.4 Å². The number of aryl methyl sites for hydroxylation is 2. The minimum atomic E-state index is -0.171. The van der Waals surface area contributed by atoms with Crippen LogP contribution in [-0.2, 0) is 11.8 Å². The Labute approximate surface area is 176 Å². The summed E-state index contributed by atoms with van der Waals surface area (Å²) in [6, 6.07) is 11.7. The van der Waals surface area contributed by atoms with Crippen LogP contribution >= 0.6 is 0 Å². The molecule has 4 rings (SSSR count). The SMILES string of the molecule is Cc1nn(C)c(C)c1-c1cc(C(=O)NC(CN2CCOCC2)c2ccccc2)[nH]n1. The van der Waals surface area contributed by atoms with Gasteiger partial charge in [-0.25, -0.2) is 0 Å². The van der Waals surface area contributed by atoms with E-state index in [1.807, 2.05) is 55.9 Å². The van der Waals surface area contributed by atoms with Gasteiger partial charge in [0.15, 0.2) is 0 Å². The summed E-state index contributed by atoms with van der Waals surface area (Å²) in [6.45, 7) is 7.87. The summed E-state index contributed by atoms with van der Waals surface area (Å²) in [6.07, 6.45) is 0. The summed E-state index contributed by atoms with van der Waals surface area (Å²) in [7, 11) is 1.90. The standard InChI is InChI=1S/C22H28N6O2/c1-15-21(16(2)27(3)26-15)18-13-19(25-24-18)22(29)23-20(17-7-5-4-6-8-17)14-28-9-11-30-12-10-28/h4-8,13,20H,9-12,14H2,1-3H3,(H,23,29)(H,24,25). The van der Waals surface area contributed by atoms with E-state index in [1.54, 1.807) is 6.07 Å². The molecule has 1 atom stereocenters. The van der Waals surface area contributed by atoms with Crippen molar-refractivity contribution in [1.29, 1.82) is 0 Å². The van der Waals surface area contributed by atoms with Gasteiger partial charge in [0, 0.05) is 37.9 Å². The summed E-state index contributed by atoms with van der Waals surface area (Å²) >= 11 is 0. The van der Waals surface area contributed by atoms with Gasteiger partial charge in [0.1, 0.15) is 5.69 Å². The minimum absolute atomic E-state index is 0.120. The van der Waals surface area contributed by atoms with Gasteiger partial charge in [-0.2, -0.15) is 10.2 Å². The molecular weight excluding hydrogens is 380 g/mol. The maximum absolute atomic E-state index is 13.0. The number of amides is 1. The lowest BCUT2D eigenvalue weighted by Gasteiger charge is -2.31. The van der Waals surface area contributed by atoms with Gasteiger partial charge in [0.05, 0.1) is 30.6 Å². The first-order valence-corrected chi connectivity index (χ1v) is 10.2. The fourth-order valence-corrected chi connectivity index (χ4v) is 3.91. The first kappa shape index (κ1) is 20.3. The fourth-order valence-electron chi connectivity index (χ4n) is 3.91. The molecule has 2 aromatic heterocycles. The molecule has 0 radical (unpaired) electrons. The van der Waals surface area contributed by atoms with Crippen molar-refractivity contribution < 1.29 is 9.53 Å². The van der Waals surface area contributed by atoms with Gasteiger partial charge >= 0.3 is 0 Å². The normalized spacial score (nSPS) is 15.8. The van der Waals surface area contributed by atoms with E-state index in [2.05, 4.69) is 25.5 Å². The molecule has 0 saturated carbocycles. The second kappa shape index (κ2) is 8.81. The molecule has 1 aliphatic heterocycles. The van der Waals surface area contributed by atoms with E-state index in [0.717, 1.165) is 61.1 Å². The maximum atomic E-state index is 13.0. The van der Waals surface area contributed by atoms with Crippen molar-refractivity contribution in [2.75, 3.05) is 32.8 Å². The summed E-state index contributed by atoms with van der Waals surface area (Å²) in [5.41, 5.74) is 5.11. The molecule has 30 heavy (non-hydrogen) atoms. The average molecular weight is 409 g/mol. The number of nitrogens with zero attached hydrogens (tertiary/aromatic N) is 4. The van der Waals surface area contributed by atoms with Crippen LogP contribution in [0.1, 0.15) is 33.5 Å². The molecule has 1 aliphatic rings. The van der Waals surface area contributed by atoms with Crippen molar-refractivity contribution in [3.63, 3.8) is 0 Å². The molecule has 8 nitrogen and oxygen atoms in total. The van der Waals surface area contributed by atoms with Crippen molar-refractivity contribution in [2.24, 2.45) is 7.05 Å². The van der Waals surface area contributed by atoms with Crippen molar-refractivity contribution in [3.8, 4) is 11.3 Å². The second-order valence-corrected chi connectivity index (χ2v) is 7.69. The number of benzene rings is 1. The third-order valence-electron chi connectivity index (χ3n) is 5.64. The van der Waals surface area contributed by atoms with Crippen LogP contribution in [0.3, 0.4) is 0 Å². The van der Waals surface area contributed by atoms with E-state index in [9.17, 15) is 4.79 Å². The number of H-pyrrole nitrogens is 1. The van der Waals surface area contributed by atoms with Crippen LogP contribution in [0, 0.1) is 13.8 Å². The second-order valence-electron chi connectivity index (χ2n) is 7.69. The number of morpholine rings is 1. The lowest BCUT2D eigenvalue weighted by atomic mass is 10.1. The first-order chi connectivity index (χ1) is 14.5. The molecular formula is C22H28N6O2. The predicted molar refractivity (Wildman–Crippen MR) is 114 cm³/mol. The lowest BCUT2D eigenvalue weighted by Crippen LogP contribution is -2.43. The Balaban J connectivity index is 1.53. The van der Waals surface area contributed by atoms with E-state index in [-0.39, 0.29) is 11.9 Å². The Bertz CT molecular complexity index is 1000. The van der Waals surface area contributed by atoms with E-state index in [4.69, 9.17) is 4.74 Å². The molecule has 1 unspecified atom stereocenters. The summed E-state index contributed by atoms with van der Waals surface area (Å²) in [5.74, 6) is -0.171. The molecule has 3 aromatic rings. The Morgan fingerprint density at radius 3 is 2.63 bits per heavy atom. The number of carbonyl (C=O) groups is 1. The molecule has 158 valence electrons. The van der Waals surface area contributed by atoms with Gasteiger partial charge in [-0.3, -0.25) is 19.5 Å². The number of nitrogens with one attached hydrogen (secondary N) is 2. The van der Waals surface area contributed by atoms with Crippen molar-refractivity contribution >= 4 is 5.91 Å². The Morgan fingerprint density at radius 2 is 1.97 bits per heavy atom. The highest BCUT2D eigenvalue weighted by Gasteiger charge is 2.22. The average Bonchev–Trinajstić information content (AvgIpc) is 3.33. The molecule has 8 heteroatoms. The van der Waals surface area contributed by atoms with Crippen molar-refractivity contribution in [1.82, 2.24) is 30.2 Å². The Hall–Kier alpha value is -2.97. The van der Waals surface area contributed by atoms with E-state index in [0.29, 0.717) is 5.69 Å². The van der Waals surface area contributed by atoms with Crippen LogP contribution in [0.4, 0.5) is 0 Å². The molecule has 1 aromatic carbocycles. The highest BCUT2D eigenvalue weighted by atomic mass is 16.5. The van der Waals surface area contributed by atoms with E-state index >= 15 is 0 Å². The van der Waals surface area contributed by atoms with Crippen molar-refractivity contribution in [3.05, 3.63) is 59.0 Å². The molecule has 2 N–H and O–H groups in total. The summed E-state index contributed by atoms with van der Waals surface area (Å²) in [5, 5.41) is 14.9. The number of rotatable bonds is 6. The molecule has 0 spiro atoms. The van der Waals surface area contributed by atoms with Crippen molar-refractivity contribution in [2.45, 2.75) is 19.9 Å². The van der Waals surface area contributed by atoms with Gasteiger partial charge in [-0.15, -0.1) is 0 Å². The smallest absolute Gasteiger partial charge is 0.269 e. The molecule has 0 aliphatic carbocycles. The van der Waals surface area contributed by atoms with Crippen LogP contribution in [-0.4, -0.2) is 63.6 Å². The van der Waals surface area contributed by atoms with E-state index in [1.165, 1.54) is 0 Å². The summed E-state index contributed by atoms with van der Waals surface area (Å²) < 4.78 is 7.28. The third kappa shape index (κ3) is 4.29. The fraction of sp³-hybridized carbons (Fsp3) is 0.409. The largest absolute Gasteiger partial charge is 0.379 e. The molecule has 0 bridgehead atoms. The molecule has 1 amide bonds. The van der Waals surface area contributed by atoms with Crippen LogP contribution in [0.5, 0.6) is 0 Å². The van der Waals surface area contributed by atoms with E-state index < -0.39 is 0 Å². The zero-order valence-corrected chi connectivity index (χ0v) is 17.7. The van der Waals surface area contributed by atoms with Crippen LogP contribution in [0.2, 0.25) is 0 Å². The Kier molecular flexibility index (Phi) is 5.96. The lowest BCUT2D eigenvalue weighted by molar-refractivity contribution is 0.0332. The monoisotopic (exact) mass is 408 g/mol. The number of aromatic amines is 1. The highest BCUT2D eigenvalue weighted by molar-refractivity contribution is 5.93. The molecule has 1 fully saturated rings.